The highest BCUT2D eigenvalue weighted by Crippen LogP contribution is 2.43. The van der Waals surface area contributed by atoms with Gasteiger partial charge in [-0.1, -0.05) is 174 Å². The van der Waals surface area contributed by atoms with E-state index in [2.05, 4.69) is 202 Å². The third kappa shape index (κ3) is 7.21. The van der Waals surface area contributed by atoms with Crippen molar-refractivity contribution in [1.82, 2.24) is 15.0 Å². The number of nitrogens with zero attached hydrogens (tertiary/aromatic N) is 4. The molecule has 0 aliphatic rings. The van der Waals surface area contributed by atoms with Gasteiger partial charge in [-0.3, -0.25) is 0 Å². The second-order valence-electron chi connectivity index (χ2n) is 16.3. The number of fused-ring (bicyclic) bond motifs is 3. The molecule has 0 bridgehead atoms. The van der Waals surface area contributed by atoms with E-state index < -0.39 is 0 Å². The fourth-order valence-electron chi connectivity index (χ4n) is 9.01. The van der Waals surface area contributed by atoms with Gasteiger partial charge in [0.1, 0.15) is 0 Å². The molecule has 0 aliphatic carbocycles. The molecular formula is C58H42N4. The van der Waals surface area contributed by atoms with Gasteiger partial charge in [0.25, 0.3) is 0 Å². The number of hydrogen-bond donors (Lipinski definition) is 0. The van der Waals surface area contributed by atoms with Crippen LogP contribution in [-0.4, -0.2) is 15.0 Å². The highest BCUT2D eigenvalue weighted by molar-refractivity contribution is 6.14. The minimum Gasteiger partial charge on any atom is -0.237 e. The van der Waals surface area contributed by atoms with E-state index in [0.717, 1.165) is 72.3 Å². The van der Waals surface area contributed by atoms with E-state index in [4.69, 9.17) is 21.5 Å². The summed E-state index contributed by atoms with van der Waals surface area (Å²) in [6, 6.07) is 64.2. The van der Waals surface area contributed by atoms with Crippen molar-refractivity contribution < 1.29 is 0 Å². The van der Waals surface area contributed by atoms with Crippen LogP contribution in [0.4, 0.5) is 5.69 Å². The Balaban J connectivity index is 1.03. The third-order valence-electron chi connectivity index (χ3n) is 11.7. The molecule has 0 fully saturated rings. The molecule has 10 aromatic rings. The molecule has 0 spiro atoms. The second-order valence-corrected chi connectivity index (χ2v) is 16.3. The standard InChI is InChI=1S/C58H42N4/c1-36-29-37(2)32-45(31-36)57-60-56(61-58(62-57)46-33-38(3)30-39(4)34-46)43-27-23-41(24-28-43)49-19-12-20-54(59-5)55(49)42-25-21-40(22-26-42)47-14-8-9-17-51(47)53-35-44-13-6-7-15-48(44)50-16-10-11-18-52(50)53/h6-35H,1-4H3. The first-order valence-electron chi connectivity index (χ1n) is 20.9. The maximum Gasteiger partial charge on any atom is 0.195 e. The summed E-state index contributed by atoms with van der Waals surface area (Å²) in [5, 5.41) is 4.96. The summed E-state index contributed by atoms with van der Waals surface area (Å²) in [4.78, 5) is 19.1. The summed E-state index contributed by atoms with van der Waals surface area (Å²) in [5.41, 5.74) is 16.6. The maximum absolute atomic E-state index is 8.20. The Morgan fingerprint density at radius 2 is 0.790 bits per heavy atom. The SMILES string of the molecule is [C-]#[N+]c1cccc(-c2ccc(-c3nc(-c4cc(C)cc(C)c4)nc(-c4cc(C)cc(C)c4)n3)cc2)c1-c1ccc(-c2ccccc2-c2cc3ccccc3c3ccccc23)cc1. The minimum atomic E-state index is 0.607. The van der Waals surface area contributed by atoms with Gasteiger partial charge in [0.05, 0.1) is 6.57 Å². The summed E-state index contributed by atoms with van der Waals surface area (Å²) >= 11 is 0. The van der Waals surface area contributed by atoms with Gasteiger partial charge in [-0.05, 0) is 124 Å². The van der Waals surface area contributed by atoms with Crippen LogP contribution < -0.4 is 0 Å². The molecule has 0 unspecified atom stereocenters. The van der Waals surface area contributed by atoms with Crippen LogP contribution in [0.5, 0.6) is 0 Å². The van der Waals surface area contributed by atoms with E-state index in [1.807, 2.05) is 12.1 Å². The quantitative estimate of drug-likeness (QED) is 0.119. The molecule has 9 aromatic carbocycles. The van der Waals surface area contributed by atoms with Crippen molar-refractivity contribution in [3.8, 4) is 78.7 Å². The van der Waals surface area contributed by atoms with Crippen molar-refractivity contribution in [1.29, 1.82) is 0 Å². The number of benzene rings is 9. The molecule has 0 saturated heterocycles. The zero-order valence-electron chi connectivity index (χ0n) is 35.1. The summed E-state index contributed by atoms with van der Waals surface area (Å²) in [6.45, 7) is 16.6. The molecule has 4 nitrogen and oxygen atoms in total. The van der Waals surface area contributed by atoms with Gasteiger partial charge < -0.3 is 0 Å². The van der Waals surface area contributed by atoms with E-state index in [1.54, 1.807) is 0 Å². The van der Waals surface area contributed by atoms with Crippen LogP contribution in [-0.2, 0) is 0 Å². The lowest BCUT2D eigenvalue weighted by Crippen LogP contribution is -2.01. The van der Waals surface area contributed by atoms with Crippen LogP contribution in [0.25, 0.3) is 105 Å². The van der Waals surface area contributed by atoms with Crippen LogP contribution in [0.15, 0.2) is 182 Å². The number of rotatable bonds is 7. The van der Waals surface area contributed by atoms with E-state index in [0.29, 0.717) is 23.2 Å². The van der Waals surface area contributed by atoms with Crippen LogP contribution in [0.1, 0.15) is 22.3 Å². The molecular weight excluding hydrogens is 753 g/mol. The Morgan fingerprint density at radius 3 is 1.39 bits per heavy atom. The molecule has 1 aromatic heterocycles. The number of aromatic nitrogens is 3. The van der Waals surface area contributed by atoms with Gasteiger partial charge in [0.15, 0.2) is 23.2 Å². The summed E-state index contributed by atoms with van der Waals surface area (Å²) in [6.07, 6.45) is 0. The summed E-state index contributed by atoms with van der Waals surface area (Å²) in [7, 11) is 0. The molecule has 1 heterocycles. The lowest BCUT2D eigenvalue weighted by molar-refractivity contribution is 1.07. The molecule has 0 atom stereocenters. The van der Waals surface area contributed by atoms with Crippen LogP contribution in [0.2, 0.25) is 0 Å². The lowest BCUT2D eigenvalue weighted by atomic mass is 9.88. The number of hydrogen-bond acceptors (Lipinski definition) is 3. The van der Waals surface area contributed by atoms with Gasteiger partial charge in [-0.2, -0.15) is 0 Å². The minimum absolute atomic E-state index is 0.607. The van der Waals surface area contributed by atoms with E-state index in [1.165, 1.54) is 32.7 Å². The maximum atomic E-state index is 8.20. The van der Waals surface area contributed by atoms with Crippen molar-refractivity contribution in [3.05, 3.63) is 216 Å². The van der Waals surface area contributed by atoms with Crippen LogP contribution in [0, 0.1) is 34.3 Å². The average Bonchev–Trinajstić information content (AvgIpc) is 3.30. The van der Waals surface area contributed by atoms with Gasteiger partial charge in [-0.15, -0.1) is 0 Å². The highest BCUT2D eigenvalue weighted by Gasteiger charge is 2.18. The molecule has 10 rings (SSSR count). The molecule has 0 aliphatic heterocycles. The van der Waals surface area contributed by atoms with Crippen LogP contribution in [0.3, 0.4) is 0 Å². The zero-order valence-corrected chi connectivity index (χ0v) is 35.1. The molecule has 4 heteroatoms. The molecule has 0 radical (unpaired) electrons. The first-order chi connectivity index (χ1) is 30.3. The third-order valence-corrected chi connectivity index (χ3v) is 11.7. The second kappa shape index (κ2) is 15.9. The van der Waals surface area contributed by atoms with Crippen LogP contribution >= 0.6 is 0 Å². The van der Waals surface area contributed by atoms with Gasteiger partial charge >= 0.3 is 0 Å². The fourth-order valence-corrected chi connectivity index (χ4v) is 9.01. The number of aryl methyl sites for hydroxylation is 4. The van der Waals surface area contributed by atoms with E-state index in [-0.39, 0.29) is 0 Å². The average molecular weight is 795 g/mol. The van der Waals surface area contributed by atoms with Crippen molar-refractivity contribution in [2.45, 2.75) is 27.7 Å². The van der Waals surface area contributed by atoms with Gasteiger partial charge in [0, 0.05) is 16.7 Å². The van der Waals surface area contributed by atoms with E-state index >= 15 is 0 Å². The van der Waals surface area contributed by atoms with Crippen molar-refractivity contribution in [3.63, 3.8) is 0 Å². The normalized spacial score (nSPS) is 11.2. The topological polar surface area (TPSA) is 43.0 Å². The van der Waals surface area contributed by atoms with E-state index in [9.17, 15) is 0 Å². The van der Waals surface area contributed by atoms with Crippen molar-refractivity contribution in [2.75, 3.05) is 0 Å². The highest BCUT2D eigenvalue weighted by atomic mass is 15.0. The first kappa shape index (κ1) is 38.2. The largest absolute Gasteiger partial charge is 0.237 e. The smallest absolute Gasteiger partial charge is 0.195 e. The zero-order chi connectivity index (χ0) is 42.3. The van der Waals surface area contributed by atoms with Gasteiger partial charge in [0.2, 0.25) is 0 Å². The molecule has 0 N–H and O–H groups in total. The molecule has 0 amide bonds. The molecule has 0 saturated carbocycles. The summed E-state index contributed by atoms with van der Waals surface area (Å²) < 4.78 is 0. The Hall–Kier alpha value is -8.00. The van der Waals surface area contributed by atoms with Gasteiger partial charge in [-0.25, -0.2) is 19.8 Å². The fraction of sp³-hybridized carbons (Fsp3) is 0.0690. The predicted octanol–water partition coefficient (Wildman–Crippen LogP) is 15.6. The lowest BCUT2D eigenvalue weighted by Gasteiger charge is -2.16. The van der Waals surface area contributed by atoms with Crippen molar-refractivity contribution in [2.24, 2.45) is 0 Å². The Bertz CT molecular complexity index is 3280. The Labute approximate surface area is 362 Å². The Kier molecular flexibility index (Phi) is 9.79. The van der Waals surface area contributed by atoms with Crippen molar-refractivity contribution >= 4 is 27.2 Å². The Morgan fingerprint density at radius 1 is 0.339 bits per heavy atom. The monoisotopic (exact) mass is 794 g/mol. The summed E-state index contributed by atoms with van der Waals surface area (Å²) in [5.74, 6) is 1.89. The first-order valence-corrected chi connectivity index (χ1v) is 20.9. The molecule has 62 heavy (non-hydrogen) atoms. The molecule has 294 valence electrons. The predicted molar refractivity (Wildman–Crippen MR) is 258 cm³/mol.